The van der Waals surface area contributed by atoms with Crippen LogP contribution in [0, 0.1) is 0 Å². The molecule has 5 heteroatoms. The SMILES string of the molecule is O=C(CCl)Nc1cc(C2CC2)[nH]n1. The molecular weight excluding hydrogens is 190 g/mol. The molecule has 2 rings (SSSR count). The maximum Gasteiger partial charge on any atom is 0.240 e. The van der Waals surface area contributed by atoms with Crippen LogP contribution in [0.2, 0.25) is 0 Å². The van der Waals surface area contributed by atoms with Gasteiger partial charge in [-0.3, -0.25) is 9.89 Å². The molecule has 1 aliphatic rings. The zero-order valence-electron chi connectivity index (χ0n) is 7.01. The Labute approximate surface area is 80.7 Å². The van der Waals surface area contributed by atoms with E-state index in [-0.39, 0.29) is 11.8 Å². The maximum absolute atomic E-state index is 10.9. The molecular formula is C8H10ClN3O. The fraction of sp³-hybridized carbons (Fsp3) is 0.500. The largest absolute Gasteiger partial charge is 0.308 e. The number of H-pyrrole nitrogens is 1. The summed E-state index contributed by atoms with van der Waals surface area (Å²) in [5.74, 6) is 0.920. The Balaban J connectivity index is 2.00. The lowest BCUT2D eigenvalue weighted by Gasteiger charge is -1.94. The van der Waals surface area contributed by atoms with Gasteiger partial charge in [-0.05, 0) is 12.8 Å². The van der Waals surface area contributed by atoms with E-state index in [0.29, 0.717) is 11.7 Å². The highest BCUT2D eigenvalue weighted by atomic mass is 35.5. The van der Waals surface area contributed by atoms with Crippen LogP contribution in [-0.2, 0) is 4.79 Å². The first-order valence-corrected chi connectivity index (χ1v) is 4.74. The highest BCUT2D eigenvalue weighted by molar-refractivity contribution is 6.28. The smallest absolute Gasteiger partial charge is 0.240 e. The van der Waals surface area contributed by atoms with Crippen LogP contribution in [0.4, 0.5) is 5.82 Å². The van der Waals surface area contributed by atoms with Crippen molar-refractivity contribution in [1.82, 2.24) is 10.2 Å². The molecule has 2 N–H and O–H groups in total. The molecule has 0 unspecified atom stereocenters. The number of carbonyl (C=O) groups is 1. The van der Waals surface area contributed by atoms with E-state index >= 15 is 0 Å². The molecule has 1 aliphatic carbocycles. The van der Waals surface area contributed by atoms with E-state index in [2.05, 4.69) is 15.5 Å². The summed E-state index contributed by atoms with van der Waals surface area (Å²) < 4.78 is 0. The summed E-state index contributed by atoms with van der Waals surface area (Å²) in [4.78, 5) is 10.9. The molecule has 1 saturated carbocycles. The monoisotopic (exact) mass is 199 g/mol. The van der Waals surface area contributed by atoms with Gasteiger partial charge in [0, 0.05) is 17.7 Å². The second kappa shape index (κ2) is 3.38. The molecule has 4 nitrogen and oxygen atoms in total. The van der Waals surface area contributed by atoms with Crippen LogP contribution in [0.5, 0.6) is 0 Å². The van der Waals surface area contributed by atoms with Crippen LogP contribution >= 0.6 is 11.6 Å². The number of hydrogen-bond donors (Lipinski definition) is 2. The Morgan fingerprint density at radius 2 is 2.54 bits per heavy atom. The molecule has 1 amide bonds. The van der Waals surface area contributed by atoms with E-state index in [0.717, 1.165) is 5.69 Å². The normalized spacial score (nSPS) is 15.8. The lowest BCUT2D eigenvalue weighted by Crippen LogP contribution is -2.12. The van der Waals surface area contributed by atoms with Crippen molar-refractivity contribution < 1.29 is 4.79 Å². The minimum absolute atomic E-state index is 0.0361. The van der Waals surface area contributed by atoms with Crippen molar-refractivity contribution in [2.75, 3.05) is 11.2 Å². The molecule has 1 aromatic rings. The number of alkyl halides is 1. The van der Waals surface area contributed by atoms with Crippen LogP contribution in [0.25, 0.3) is 0 Å². The minimum Gasteiger partial charge on any atom is -0.308 e. The Bertz CT molecular complexity index is 319. The van der Waals surface area contributed by atoms with Gasteiger partial charge in [-0.15, -0.1) is 11.6 Å². The van der Waals surface area contributed by atoms with E-state index in [1.165, 1.54) is 12.8 Å². The molecule has 0 saturated heterocycles. The third kappa shape index (κ3) is 2.01. The Morgan fingerprint density at radius 1 is 1.77 bits per heavy atom. The molecule has 0 atom stereocenters. The Morgan fingerprint density at radius 3 is 3.15 bits per heavy atom. The number of anilines is 1. The van der Waals surface area contributed by atoms with Crippen molar-refractivity contribution in [3.8, 4) is 0 Å². The zero-order valence-corrected chi connectivity index (χ0v) is 7.77. The number of aromatic nitrogens is 2. The summed E-state index contributed by atoms with van der Waals surface area (Å²) in [5, 5.41) is 9.42. The van der Waals surface area contributed by atoms with Gasteiger partial charge in [-0.2, -0.15) is 5.10 Å². The average Bonchev–Trinajstić information content (AvgIpc) is 2.88. The average molecular weight is 200 g/mol. The lowest BCUT2D eigenvalue weighted by atomic mass is 10.3. The number of nitrogens with one attached hydrogen (secondary N) is 2. The predicted molar refractivity (Wildman–Crippen MR) is 49.9 cm³/mol. The number of nitrogens with zero attached hydrogens (tertiary/aromatic N) is 1. The van der Waals surface area contributed by atoms with Gasteiger partial charge in [0.15, 0.2) is 5.82 Å². The highest BCUT2D eigenvalue weighted by Gasteiger charge is 2.25. The molecule has 1 heterocycles. The van der Waals surface area contributed by atoms with Crippen LogP contribution in [0.15, 0.2) is 6.07 Å². The van der Waals surface area contributed by atoms with Gasteiger partial charge in [0.1, 0.15) is 5.88 Å². The lowest BCUT2D eigenvalue weighted by molar-refractivity contribution is -0.113. The van der Waals surface area contributed by atoms with Crippen molar-refractivity contribution in [3.63, 3.8) is 0 Å². The van der Waals surface area contributed by atoms with Crippen LogP contribution in [0.3, 0.4) is 0 Å². The van der Waals surface area contributed by atoms with Crippen molar-refractivity contribution in [2.24, 2.45) is 0 Å². The van der Waals surface area contributed by atoms with Gasteiger partial charge in [-0.25, -0.2) is 0 Å². The molecule has 0 bridgehead atoms. The fourth-order valence-electron chi connectivity index (χ4n) is 1.18. The Hall–Kier alpha value is -1.03. The quantitative estimate of drug-likeness (QED) is 0.725. The summed E-state index contributed by atoms with van der Waals surface area (Å²) in [6.45, 7) is 0. The standard InChI is InChI=1S/C8H10ClN3O/c9-4-8(13)10-7-3-6(11-12-7)5-1-2-5/h3,5H,1-2,4H2,(H2,10,11,12,13). The number of hydrogen-bond acceptors (Lipinski definition) is 2. The van der Waals surface area contributed by atoms with E-state index in [9.17, 15) is 4.79 Å². The molecule has 0 aromatic carbocycles. The van der Waals surface area contributed by atoms with Gasteiger partial charge in [0.05, 0.1) is 0 Å². The summed E-state index contributed by atoms with van der Waals surface area (Å²) in [6, 6.07) is 1.86. The molecule has 0 radical (unpaired) electrons. The molecule has 1 fully saturated rings. The summed E-state index contributed by atoms with van der Waals surface area (Å²) >= 11 is 5.33. The van der Waals surface area contributed by atoms with Crippen molar-refractivity contribution in [1.29, 1.82) is 0 Å². The van der Waals surface area contributed by atoms with Crippen molar-refractivity contribution >= 4 is 23.3 Å². The van der Waals surface area contributed by atoms with E-state index in [1.54, 1.807) is 0 Å². The molecule has 13 heavy (non-hydrogen) atoms. The third-order valence-corrected chi connectivity index (χ3v) is 2.25. The number of aromatic amines is 1. The minimum atomic E-state index is -0.226. The molecule has 0 aliphatic heterocycles. The summed E-state index contributed by atoms with van der Waals surface area (Å²) in [5.41, 5.74) is 1.10. The van der Waals surface area contributed by atoms with Gasteiger partial charge < -0.3 is 5.32 Å². The number of rotatable bonds is 3. The molecule has 0 spiro atoms. The topological polar surface area (TPSA) is 57.8 Å². The second-order valence-electron chi connectivity index (χ2n) is 3.16. The van der Waals surface area contributed by atoms with Gasteiger partial charge in [0.2, 0.25) is 5.91 Å². The highest BCUT2D eigenvalue weighted by Crippen LogP contribution is 2.39. The second-order valence-corrected chi connectivity index (χ2v) is 3.43. The zero-order chi connectivity index (χ0) is 9.26. The van der Waals surface area contributed by atoms with Crippen LogP contribution in [-0.4, -0.2) is 22.0 Å². The van der Waals surface area contributed by atoms with Gasteiger partial charge >= 0.3 is 0 Å². The summed E-state index contributed by atoms with van der Waals surface area (Å²) in [6.07, 6.45) is 2.43. The first kappa shape index (κ1) is 8.56. The molecule has 70 valence electrons. The Kier molecular flexibility index (Phi) is 2.22. The van der Waals surface area contributed by atoms with E-state index in [4.69, 9.17) is 11.6 Å². The third-order valence-electron chi connectivity index (χ3n) is 2.00. The van der Waals surface area contributed by atoms with Crippen LogP contribution < -0.4 is 5.32 Å². The number of amides is 1. The fourth-order valence-corrected chi connectivity index (χ4v) is 1.25. The summed E-state index contributed by atoms with van der Waals surface area (Å²) in [7, 11) is 0. The maximum atomic E-state index is 10.9. The predicted octanol–water partition coefficient (Wildman–Crippen LogP) is 1.46. The first-order chi connectivity index (χ1) is 6.29. The van der Waals surface area contributed by atoms with Crippen molar-refractivity contribution in [2.45, 2.75) is 18.8 Å². The number of carbonyl (C=O) groups excluding carboxylic acids is 1. The molecule has 1 aromatic heterocycles. The van der Waals surface area contributed by atoms with Gasteiger partial charge in [0.25, 0.3) is 0 Å². The van der Waals surface area contributed by atoms with E-state index in [1.807, 2.05) is 6.07 Å². The van der Waals surface area contributed by atoms with E-state index < -0.39 is 0 Å². The van der Waals surface area contributed by atoms with Gasteiger partial charge in [-0.1, -0.05) is 0 Å². The first-order valence-electron chi connectivity index (χ1n) is 4.20. The van der Waals surface area contributed by atoms with Crippen LogP contribution in [0.1, 0.15) is 24.5 Å². The number of halogens is 1. The van der Waals surface area contributed by atoms with Crippen molar-refractivity contribution in [3.05, 3.63) is 11.8 Å².